The van der Waals surface area contributed by atoms with Gasteiger partial charge in [-0.25, -0.2) is 4.79 Å². The van der Waals surface area contributed by atoms with Crippen molar-refractivity contribution >= 4 is 11.9 Å². The maximum Gasteiger partial charge on any atom is 0.335 e. The van der Waals surface area contributed by atoms with Gasteiger partial charge in [-0.15, -0.1) is 0 Å². The molecule has 5 nitrogen and oxygen atoms in total. The molecule has 1 aromatic heterocycles. The van der Waals surface area contributed by atoms with E-state index in [0.29, 0.717) is 0 Å². The number of aromatic nitrogens is 1. The molecule has 0 radical (unpaired) electrons. The van der Waals surface area contributed by atoms with Crippen molar-refractivity contribution in [2.75, 3.05) is 0 Å². The van der Waals surface area contributed by atoms with Crippen molar-refractivity contribution in [1.29, 1.82) is 0 Å². The molecule has 1 aromatic carbocycles. The van der Waals surface area contributed by atoms with E-state index >= 15 is 0 Å². The number of pyridine rings is 1. The number of carboxylic acid groups (broad SMARTS) is 2. The summed E-state index contributed by atoms with van der Waals surface area (Å²) in [6, 6.07) is 10.4. The predicted molar refractivity (Wildman–Crippen MR) is 73.7 cm³/mol. The van der Waals surface area contributed by atoms with Crippen LogP contribution in [0.1, 0.15) is 21.5 Å². The van der Waals surface area contributed by atoms with Gasteiger partial charge >= 0.3 is 11.9 Å². The first kappa shape index (κ1) is 15.4. The predicted octanol–water partition coefficient (Wildman–Crippen LogP) is 2.40. The molecule has 2 rings (SSSR count). The Morgan fingerprint density at radius 2 is 1.55 bits per heavy atom. The molecule has 5 heteroatoms. The lowest BCUT2D eigenvalue weighted by molar-refractivity contribution is -0.136. The third-order valence-electron chi connectivity index (χ3n) is 2.40. The molecule has 0 aliphatic carbocycles. The van der Waals surface area contributed by atoms with Gasteiger partial charge in [0.25, 0.3) is 0 Å². The van der Waals surface area contributed by atoms with E-state index in [1.165, 1.54) is 24.5 Å². The highest BCUT2D eigenvalue weighted by Crippen LogP contribution is 2.03. The summed E-state index contributed by atoms with van der Waals surface area (Å²) in [5, 5.41) is 16.8. The van der Waals surface area contributed by atoms with Gasteiger partial charge in [-0.1, -0.05) is 29.8 Å². The number of benzene rings is 1. The highest BCUT2D eigenvalue weighted by molar-refractivity contribution is 5.87. The lowest BCUT2D eigenvalue weighted by Gasteiger charge is -1.96. The molecule has 0 amide bonds. The number of hydrogen-bond acceptors (Lipinski definition) is 3. The molecule has 0 aliphatic rings. The average molecular weight is 273 g/mol. The van der Waals surface area contributed by atoms with Crippen molar-refractivity contribution < 1.29 is 19.8 Å². The quantitative estimate of drug-likeness (QED) is 0.896. The molecule has 0 spiro atoms. The lowest BCUT2D eigenvalue weighted by atomic mass is 10.1. The standard InChI is InChI=1S/C9H10O2.C6H5NO2/c1-7-2-4-8(5-3-7)6-9(10)11;8-6(9)5-1-3-7-4-2-5/h2-5H,6H2,1H3,(H,10,11);1-4H,(H,8,9). The molecular weight excluding hydrogens is 258 g/mol. The largest absolute Gasteiger partial charge is 0.481 e. The topological polar surface area (TPSA) is 87.5 Å². The monoisotopic (exact) mass is 273 g/mol. The number of carbonyl (C=O) groups is 2. The van der Waals surface area contributed by atoms with Crippen LogP contribution in [0.5, 0.6) is 0 Å². The number of nitrogens with zero attached hydrogens (tertiary/aromatic N) is 1. The van der Waals surface area contributed by atoms with Gasteiger partial charge in [-0.05, 0) is 24.6 Å². The summed E-state index contributed by atoms with van der Waals surface area (Å²) in [7, 11) is 0. The zero-order valence-corrected chi connectivity index (χ0v) is 11.0. The maximum absolute atomic E-state index is 10.3. The van der Waals surface area contributed by atoms with Crippen molar-refractivity contribution in [3.05, 3.63) is 65.5 Å². The zero-order valence-electron chi connectivity index (χ0n) is 11.0. The molecule has 0 unspecified atom stereocenters. The van der Waals surface area contributed by atoms with Gasteiger partial charge in [0.05, 0.1) is 12.0 Å². The van der Waals surface area contributed by atoms with E-state index < -0.39 is 11.9 Å². The number of aromatic carboxylic acids is 1. The molecule has 0 saturated heterocycles. The van der Waals surface area contributed by atoms with Crippen molar-refractivity contribution in [3.63, 3.8) is 0 Å². The number of aryl methyl sites for hydroxylation is 1. The molecule has 2 aromatic rings. The Morgan fingerprint density at radius 3 is 1.95 bits per heavy atom. The average Bonchev–Trinajstić information content (AvgIpc) is 2.43. The molecule has 2 N–H and O–H groups in total. The van der Waals surface area contributed by atoms with Gasteiger partial charge in [0, 0.05) is 12.4 Å². The van der Waals surface area contributed by atoms with Gasteiger partial charge < -0.3 is 10.2 Å². The summed E-state index contributed by atoms with van der Waals surface area (Å²) in [6.07, 6.45) is 3.01. The second kappa shape index (κ2) is 7.68. The van der Waals surface area contributed by atoms with Gasteiger partial charge in [-0.2, -0.15) is 0 Å². The van der Waals surface area contributed by atoms with Crippen LogP contribution in [0.2, 0.25) is 0 Å². The summed E-state index contributed by atoms with van der Waals surface area (Å²) in [5.41, 5.74) is 2.27. The van der Waals surface area contributed by atoms with Crippen LogP contribution in [0.4, 0.5) is 0 Å². The molecule has 0 saturated carbocycles. The molecule has 20 heavy (non-hydrogen) atoms. The van der Waals surface area contributed by atoms with Crippen LogP contribution < -0.4 is 0 Å². The number of carboxylic acids is 2. The van der Waals surface area contributed by atoms with Crippen molar-refractivity contribution in [3.8, 4) is 0 Å². The number of hydrogen-bond donors (Lipinski definition) is 2. The van der Waals surface area contributed by atoms with Crippen LogP contribution in [-0.4, -0.2) is 27.1 Å². The van der Waals surface area contributed by atoms with Crippen molar-refractivity contribution in [1.82, 2.24) is 4.98 Å². The molecule has 1 heterocycles. The molecule has 0 bridgehead atoms. The van der Waals surface area contributed by atoms with E-state index in [0.717, 1.165) is 11.1 Å². The van der Waals surface area contributed by atoms with E-state index in [1.807, 2.05) is 31.2 Å². The zero-order chi connectivity index (χ0) is 15.0. The smallest absolute Gasteiger partial charge is 0.335 e. The minimum Gasteiger partial charge on any atom is -0.481 e. The van der Waals surface area contributed by atoms with Crippen molar-refractivity contribution in [2.45, 2.75) is 13.3 Å². The summed E-state index contributed by atoms with van der Waals surface area (Å²) >= 11 is 0. The Balaban J connectivity index is 0.000000204. The molecule has 0 aliphatic heterocycles. The fourth-order valence-electron chi connectivity index (χ4n) is 1.38. The third kappa shape index (κ3) is 5.77. The molecule has 0 fully saturated rings. The van der Waals surface area contributed by atoms with Gasteiger partial charge in [-0.3, -0.25) is 9.78 Å². The van der Waals surface area contributed by atoms with Crippen LogP contribution in [0.15, 0.2) is 48.8 Å². The SMILES string of the molecule is Cc1ccc(CC(=O)O)cc1.O=C(O)c1ccncc1. The summed E-state index contributed by atoms with van der Waals surface area (Å²) < 4.78 is 0. The van der Waals surface area contributed by atoms with E-state index in [9.17, 15) is 9.59 Å². The molecule has 104 valence electrons. The van der Waals surface area contributed by atoms with Crippen LogP contribution in [0.25, 0.3) is 0 Å². The van der Waals surface area contributed by atoms with E-state index in [2.05, 4.69) is 4.98 Å². The van der Waals surface area contributed by atoms with Gasteiger partial charge in [0.1, 0.15) is 0 Å². The maximum atomic E-state index is 10.3. The lowest BCUT2D eigenvalue weighted by Crippen LogP contribution is -1.99. The van der Waals surface area contributed by atoms with E-state index in [1.54, 1.807) is 0 Å². The fraction of sp³-hybridized carbons (Fsp3) is 0.133. The van der Waals surface area contributed by atoms with Crippen LogP contribution in [0, 0.1) is 6.92 Å². The van der Waals surface area contributed by atoms with Crippen LogP contribution in [-0.2, 0) is 11.2 Å². The Morgan fingerprint density at radius 1 is 1.00 bits per heavy atom. The first-order valence-electron chi connectivity index (χ1n) is 5.89. The molecule has 0 atom stereocenters. The van der Waals surface area contributed by atoms with E-state index in [-0.39, 0.29) is 12.0 Å². The fourth-order valence-corrected chi connectivity index (χ4v) is 1.38. The summed E-state index contributed by atoms with van der Waals surface area (Å²) in [4.78, 5) is 24.1. The van der Waals surface area contributed by atoms with Crippen LogP contribution >= 0.6 is 0 Å². The molecular formula is C15H15NO4. The van der Waals surface area contributed by atoms with E-state index in [4.69, 9.17) is 10.2 Å². The minimum absolute atomic E-state index is 0.111. The number of rotatable bonds is 3. The second-order valence-electron chi connectivity index (χ2n) is 4.10. The second-order valence-corrected chi connectivity index (χ2v) is 4.10. The first-order chi connectivity index (χ1) is 9.49. The normalized spacial score (nSPS) is 9.25. The van der Waals surface area contributed by atoms with Gasteiger partial charge in [0.2, 0.25) is 0 Å². The Kier molecular flexibility index (Phi) is 5.90. The highest BCUT2D eigenvalue weighted by Gasteiger charge is 1.98. The van der Waals surface area contributed by atoms with Crippen molar-refractivity contribution in [2.24, 2.45) is 0 Å². The third-order valence-corrected chi connectivity index (χ3v) is 2.40. The Bertz CT molecular complexity index is 564. The van der Waals surface area contributed by atoms with Gasteiger partial charge in [0.15, 0.2) is 0 Å². The Hall–Kier alpha value is -2.69. The summed E-state index contributed by atoms with van der Waals surface area (Å²) in [6.45, 7) is 1.98. The highest BCUT2D eigenvalue weighted by atomic mass is 16.4. The summed E-state index contributed by atoms with van der Waals surface area (Å²) in [5.74, 6) is -1.70. The Labute approximate surface area is 116 Å². The first-order valence-corrected chi connectivity index (χ1v) is 5.89. The minimum atomic E-state index is -0.919. The van der Waals surface area contributed by atoms with Crippen LogP contribution in [0.3, 0.4) is 0 Å². The number of aliphatic carboxylic acids is 1.